The van der Waals surface area contributed by atoms with E-state index in [1.54, 1.807) is 42.6 Å². The molecule has 3 heterocycles. The fourth-order valence-corrected chi connectivity index (χ4v) is 3.03. The minimum Gasteiger partial charge on any atom is -0.481 e. The summed E-state index contributed by atoms with van der Waals surface area (Å²) in [5.74, 6) is 0.444. The summed E-state index contributed by atoms with van der Waals surface area (Å²) in [6, 6.07) is 5.46. The predicted octanol–water partition coefficient (Wildman–Crippen LogP) is 0.973. The number of aromatic nitrogens is 2. The van der Waals surface area contributed by atoms with Crippen molar-refractivity contribution in [2.75, 3.05) is 32.1 Å². The average molecular weight is 369 g/mol. The summed E-state index contributed by atoms with van der Waals surface area (Å²) in [7, 11) is 1.56. The van der Waals surface area contributed by atoms with Crippen molar-refractivity contribution in [3.63, 3.8) is 0 Å². The molecule has 27 heavy (non-hydrogen) atoms. The fraction of sp³-hybridized carbons (Fsp3) is 0.316. The van der Waals surface area contributed by atoms with E-state index in [1.165, 1.54) is 6.08 Å². The number of rotatable bonds is 6. The van der Waals surface area contributed by atoms with Crippen molar-refractivity contribution in [2.45, 2.75) is 12.5 Å². The van der Waals surface area contributed by atoms with Gasteiger partial charge in [-0.25, -0.2) is 4.98 Å². The fourth-order valence-electron chi connectivity index (χ4n) is 3.03. The average Bonchev–Trinajstić information content (AvgIpc) is 3.16. The molecule has 1 aliphatic heterocycles. The molecule has 0 unspecified atom stereocenters. The molecule has 1 aliphatic rings. The molecule has 0 bridgehead atoms. The number of H-pyrrole nitrogens is 1. The van der Waals surface area contributed by atoms with Gasteiger partial charge in [-0.3, -0.25) is 9.59 Å². The zero-order chi connectivity index (χ0) is 19.2. The van der Waals surface area contributed by atoms with Gasteiger partial charge in [0.15, 0.2) is 0 Å². The molecule has 142 valence electrons. The number of carbonyl (C=O) groups excluding carboxylic acids is 1. The summed E-state index contributed by atoms with van der Waals surface area (Å²) in [4.78, 5) is 32.8. The standard InChI is InChI=1S/C19H23N5O3/c1-27-17-10-13(4-7-21-17)14-9-16(19(26)22-11-14)23-15-5-8-24(12-15)18(25)3-2-6-20/h2-4,7,9-11,15,23H,5-6,8,12,20H2,1H3,(H,22,26)/t15-/m1/s1. The first-order valence-electron chi connectivity index (χ1n) is 8.76. The van der Waals surface area contributed by atoms with Gasteiger partial charge in [0.2, 0.25) is 11.8 Å². The zero-order valence-electron chi connectivity index (χ0n) is 15.1. The summed E-state index contributed by atoms with van der Waals surface area (Å²) in [6.07, 6.45) is 7.22. The predicted molar refractivity (Wildman–Crippen MR) is 104 cm³/mol. The van der Waals surface area contributed by atoms with Gasteiger partial charge < -0.3 is 25.7 Å². The van der Waals surface area contributed by atoms with Crippen molar-refractivity contribution in [1.29, 1.82) is 0 Å². The number of amides is 1. The minimum absolute atomic E-state index is 0.0172. The van der Waals surface area contributed by atoms with Crippen molar-refractivity contribution < 1.29 is 9.53 Å². The quantitative estimate of drug-likeness (QED) is 0.654. The second kappa shape index (κ2) is 8.50. The highest BCUT2D eigenvalue weighted by atomic mass is 16.5. The van der Waals surface area contributed by atoms with Crippen LogP contribution in [0.25, 0.3) is 11.1 Å². The number of nitrogens with zero attached hydrogens (tertiary/aromatic N) is 2. The molecule has 0 radical (unpaired) electrons. The number of likely N-dealkylation sites (tertiary alicyclic amines) is 1. The van der Waals surface area contributed by atoms with Crippen LogP contribution >= 0.6 is 0 Å². The highest BCUT2D eigenvalue weighted by Crippen LogP contribution is 2.23. The summed E-state index contributed by atoms with van der Waals surface area (Å²) in [5, 5.41) is 3.26. The molecule has 4 N–H and O–H groups in total. The molecular formula is C19H23N5O3. The van der Waals surface area contributed by atoms with E-state index in [1.807, 2.05) is 6.07 Å². The molecule has 0 aliphatic carbocycles. The van der Waals surface area contributed by atoms with Gasteiger partial charge in [-0.2, -0.15) is 0 Å². The highest BCUT2D eigenvalue weighted by Gasteiger charge is 2.25. The summed E-state index contributed by atoms with van der Waals surface area (Å²) in [5.41, 5.74) is 7.38. The topological polar surface area (TPSA) is 113 Å². The Morgan fingerprint density at radius 2 is 2.33 bits per heavy atom. The number of carbonyl (C=O) groups is 1. The van der Waals surface area contributed by atoms with Crippen LogP contribution in [0.15, 0.2) is 47.5 Å². The monoisotopic (exact) mass is 369 g/mol. The number of methoxy groups -OCH3 is 1. The Morgan fingerprint density at radius 3 is 3.11 bits per heavy atom. The third kappa shape index (κ3) is 4.53. The van der Waals surface area contributed by atoms with E-state index < -0.39 is 0 Å². The maximum atomic E-state index is 12.2. The van der Waals surface area contributed by atoms with Crippen LogP contribution < -0.4 is 21.3 Å². The summed E-state index contributed by atoms with van der Waals surface area (Å²) in [6.45, 7) is 1.52. The zero-order valence-corrected chi connectivity index (χ0v) is 15.1. The van der Waals surface area contributed by atoms with E-state index >= 15 is 0 Å². The van der Waals surface area contributed by atoms with Crippen LogP contribution in [-0.4, -0.2) is 53.6 Å². The molecule has 1 saturated heterocycles. The number of anilines is 1. The first-order chi connectivity index (χ1) is 13.1. The number of nitrogens with one attached hydrogen (secondary N) is 2. The van der Waals surface area contributed by atoms with Crippen LogP contribution in [0.1, 0.15) is 6.42 Å². The van der Waals surface area contributed by atoms with Crippen LogP contribution in [-0.2, 0) is 4.79 Å². The molecule has 8 nitrogen and oxygen atoms in total. The SMILES string of the molecule is COc1cc(-c2c[nH]c(=O)c(N[C@@H]3CCN(C(=O)C=CCN)C3)c2)ccn1. The van der Waals surface area contributed by atoms with Crippen molar-refractivity contribution in [3.05, 3.63) is 53.1 Å². The van der Waals surface area contributed by atoms with Gasteiger partial charge in [-0.05, 0) is 24.1 Å². The maximum Gasteiger partial charge on any atom is 0.271 e. The maximum absolute atomic E-state index is 12.2. The van der Waals surface area contributed by atoms with E-state index in [0.29, 0.717) is 31.2 Å². The molecule has 1 fully saturated rings. The molecule has 0 aromatic carbocycles. The first-order valence-corrected chi connectivity index (χ1v) is 8.76. The third-order valence-corrected chi connectivity index (χ3v) is 4.44. The van der Waals surface area contributed by atoms with Crippen molar-refractivity contribution >= 4 is 11.6 Å². The highest BCUT2D eigenvalue weighted by molar-refractivity contribution is 5.87. The number of hydrogen-bond acceptors (Lipinski definition) is 6. The Hall–Kier alpha value is -3.13. The lowest BCUT2D eigenvalue weighted by molar-refractivity contribution is -0.125. The van der Waals surface area contributed by atoms with Crippen molar-refractivity contribution in [1.82, 2.24) is 14.9 Å². The molecule has 2 aromatic heterocycles. The lowest BCUT2D eigenvalue weighted by Crippen LogP contribution is -2.31. The Morgan fingerprint density at radius 1 is 1.48 bits per heavy atom. The van der Waals surface area contributed by atoms with Crippen LogP contribution in [0, 0.1) is 0 Å². The van der Waals surface area contributed by atoms with Gasteiger partial charge >= 0.3 is 0 Å². The molecule has 1 atom stereocenters. The number of pyridine rings is 2. The molecule has 2 aromatic rings. The Bertz CT molecular complexity index is 893. The lowest BCUT2D eigenvalue weighted by Gasteiger charge is -2.16. The second-order valence-corrected chi connectivity index (χ2v) is 6.27. The second-order valence-electron chi connectivity index (χ2n) is 6.27. The lowest BCUT2D eigenvalue weighted by atomic mass is 10.1. The van der Waals surface area contributed by atoms with Crippen molar-refractivity contribution in [3.8, 4) is 17.0 Å². The van der Waals surface area contributed by atoms with Crippen LogP contribution in [0.4, 0.5) is 5.69 Å². The molecule has 0 saturated carbocycles. The van der Waals surface area contributed by atoms with E-state index in [2.05, 4.69) is 15.3 Å². The number of aromatic amines is 1. The van der Waals surface area contributed by atoms with Gasteiger partial charge in [0.25, 0.3) is 5.56 Å². The van der Waals surface area contributed by atoms with Gasteiger partial charge in [-0.1, -0.05) is 6.08 Å². The molecule has 3 rings (SSSR count). The van der Waals surface area contributed by atoms with Gasteiger partial charge in [-0.15, -0.1) is 0 Å². The largest absolute Gasteiger partial charge is 0.481 e. The normalized spacial score (nSPS) is 16.7. The third-order valence-electron chi connectivity index (χ3n) is 4.44. The molecule has 0 spiro atoms. The first kappa shape index (κ1) is 18.7. The van der Waals surface area contributed by atoms with Crippen LogP contribution in [0.2, 0.25) is 0 Å². The van der Waals surface area contributed by atoms with Crippen LogP contribution in [0.3, 0.4) is 0 Å². The molecule has 1 amide bonds. The van der Waals surface area contributed by atoms with Gasteiger partial charge in [0.05, 0.1) is 7.11 Å². The Labute approximate surface area is 157 Å². The Balaban J connectivity index is 1.73. The Kier molecular flexibility index (Phi) is 5.87. The minimum atomic E-state index is -0.201. The number of hydrogen-bond donors (Lipinski definition) is 3. The number of nitrogens with two attached hydrogens (primary N) is 1. The van der Waals surface area contributed by atoms with Crippen molar-refractivity contribution in [2.24, 2.45) is 5.73 Å². The number of ether oxygens (including phenoxy) is 1. The summed E-state index contributed by atoms with van der Waals surface area (Å²) >= 11 is 0. The molecular weight excluding hydrogens is 346 g/mol. The smallest absolute Gasteiger partial charge is 0.271 e. The van der Waals surface area contributed by atoms with E-state index in [4.69, 9.17) is 10.5 Å². The van der Waals surface area contributed by atoms with E-state index in [0.717, 1.165) is 17.5 Å². The summed E-state index contributed by atoms with van der Waals surface area (Å²) < 4.78 is 5.15. The van der Waals surface area contributed by atoms with E-state index in [-0.39, 0.29) is 17.5 Å². The van der Waals surface area contributed by atoms with Gasteiger partial charge in [0, 0.05) is 55.8 Å². The van der Waals surface area contributed by atoms with E-state index in [9.17, 15) is 9.59 Å². The van der Waals surface area contributed by atoms with Crippen LogP contribution in [0.5, 0.6) is 5.88 Å². The van der Waals surface area contributed by atoms with Gasteiger partial charge in [0.1, 0.15) is 5.69 Å². The molecule has 8 heteroatoms.